The van der Waals surface area contributed by atoms with Crippen LogP contribution in [0.4, 0.5) is 23.7 Å². The highest BCUT2D eigenvalue weighted by atomic mass is 19.4. The number of anilines is 1. The number of oxazole rings is 1. The van der Waals surface area contributed by atoms with Gasteiger partial charge in [0.2, 0.25) is 0 Å². The Morgan fingerprint density at radius 2 is 1.87 bits per heavy atom. The van der Waals surface area contributed by atoms with Crippen molar-refractivity contribution in [3.8, 4) is 5.69 Å². The summed E-state index contributed by atoms with van der Waals surface area (Å²) in [5.41, 5.74) is -2.56. The summed E-state index contributed by atoms with van der Waals surface area (Å²) in [6.45, 7) is -0.398. The zero-order valence-electron chi connectivity index (χ0n) is 18.8. The summed E-state index contributed by atoms with van der Waals surface area (Å²) in [6, 6.07) is 7.08. The lowest BCUT2D eigenvalue weighted by Crippen LogP contribution is -2.14. The number of rotatable bonds is 5. The number of fused-ring (bicyclic) bond motifs is 3. The topological polar surface area (TPSA) is 172 Å². The molecule has 4 N–H and O–H groups in total. The fourth-order valence-corrected chi connectivity index (χ4v) is 3.74. The van der Waals surface area contributed by atoms with Crippen LogP contribution in [0.5, 0.6) is 0 Å². The van der Waals surface area contributed by atoms with E-state index in [1.165, 1.54) is 30.5 Å². The minimum Gasteiger partial charge on any atom is -0.478 e. The third-order valence-electron chi connectivity index (χ3n) is 5.45. The third kappa shape index (κ3) is 4.59. The molecule has 0 bridgehead atoms. The van der Waals surface area contributed by atoms with Gasteiger partial charge in [-0.2, -0.15) is 13.2 Å². The monoisotopic (exact) mass is 529 g/mol. The zero-order chi connectivity index (χ0) is 27.2. The second kappa shape index (κ2) is 8.95. The maximum Gasteiger partial charge on any atom is 0.418 e. The quantitative estimate of drug-likeness (QED) is 0.267. The molecule has 12 nitrogen and oxygen atoms in total. The lowest BCUT2D eigenvalue weighted by molar-refractivity contribution is -0.137. The first kappa shape index (κ1) is 24.4. The number of halogens is 3. The van der Waals surface area contributed by atoms with Crippen molar-refractivity contribution in [1.29, 1.82) is 0 Å². The third-order valence-corrected chi connectivity index (χ3v) is 5.45. The van der Waals surface area contributed by atoms with Crippen LogP contribution >= 0.6 is 0 Å². The van der Waals surface area contributed by atoms with Gasteiger partial charge in [-0.05, 0) is 36.4 Å². The molecule has 1 amide bonds. The highest BCUT2D eigenvalue weighted by molar-refractivity contribution is 6.01. The van der Waals surface area contributed by atoms with E-state index in [1.807, 2.05) is 0 Å². The Hall–Kier alpha value is -5.34. The molecule has 0 fully saturated rings. The number of aromatic carboxylic acids is 1. The summed E-state index contributed by atoms with van der Waals surface area (Å²) in [7, 11) is 0. The summed E-state index contributed by atoms with van der Waals surface area (Å²) in [6.07, 6.45) is -3.45. The van der Waals surface area contributed by atoms with Crippen LogP contribution in [0.25, 0.3) is 27.7 Å². The Balaban J connectivity index is 1.42. The predicted molar refractivity (Wildman–Crippen MR) is 124 cm³/mol. The standard InChI is InChI=1S/C23H14F3N5O7/c24-23(25,26)14-6-15-13(18-17(19(32)29-15)30-22(36)38-18)5-16(14)31-7-12(27-9-31)8-37-21(35)28-11-3-1-10(2-4-11)20(33)34/h1-7,9H,8H2,(H,28,35)(H,29,32)(H,30,36)(H,33,34). The number of hydrogen-bond donors (Lipinski definition) is 4. The molecule has 0 spiro atoms. The van der Waals surface area contributed by atoms with Gasteiger partial charge in [0.15, 0.2) is 11.1 Å². The number of carbonyl (C=O) groups is 2. The number of carbonyl (C=O) groups excluding carboxylic acids is 1. The largest absolute Gasteiger partial charge is 0.478 e. The Bertz CT molecular complexity index is 1830. The molecule has 0 radical (unpaired) electrons. The lowest BCUT2D eigenvalue weighted by atomic mass is 10.1. The van der Waals surface area contributed by atoms with Gasteiger partial charge in [-0.3, -0.25) is 15.1 Å². The number of hydrogen-bond acceptors (Lipinski definition) is 7. The van der Waals surface area contributed by atoms with E-state index >= 15 is 0 Å². The zero-order valence-corrected chi connectivity index (χ0v) is 18.8. The number of nitrogens with one attached hydrogen (secondary N) is 3. The van der Waals surface area contributed by atoms with E-state index < -0.39 is 41.7 Å². The van der Waals surface area contributed by atoms with Crippen LogP contribution in [0.3, 0.4) is 0 Å². The van der Waals surface area contributed by atoms with Gasteiger partial charge < -0.3 is 23.8 Å². The van der Waals surface area contributed by atoms with Crippen molar-refractivity contribution in [2.24, 2.45) is 0 Å². The summed E-state index contributed by atoms with van der Waals surface area (Å²) >= 11 is 0. The molecular formula is C23H14F3N5O7. The van der Waals surface area contributed by atoms with E-state index in [9.17, 15) is 32.3 Å². The van der Waals surface area contributed by atoms with Crippen LogP contribution in [0.15, 0.2) is 62.9 Å². The number of pyridine rings is 1. The number of nitrogens with zero attached hydrogens (tertiary/aromatic N) is 2. The number of aromatic amines is 2. The Kier molecular flexibility index (Phi) is 5.74. The van der Waals surface area contributed by atoms with Gasteiger partial charge in [-0.25, -0.2) is 19.4 Å². The molecular weight excluding hydrogens is 515 g/mol. The number of aromatic nitrogens is 4. The summed E-state index contributed by atoms with van der Waals surface area (Å²) in [5.74, 6) is -2.08. The average Bonchev–Trinajstić information content (AvgIpc) is 3.49. The van der Waals surface area contributed by atoms with Crippen LogP contribution in [-0.4, -0.2) is 36.7 Å². The van der Waals surface area contributed by atoms with Crippen molar-refractivity contribution < 1.29 is 37.0 Å². The number of H-pyrrole nitrogens is 2. The van der Waals surface area contributed by atoms with Crippen molar-refractivity contribution in [3.63, 3.8) is 0 Å². The first-order chi connectivity index (χ1) is 18.0. The van der Waals surface area contributed by atoms with Gasteiger partial charge in [0.25, 0.3) is 5.56 Å². The van der Waals surface area contributed by atoms with Crippen LogP contribution in [0, 0.1) is 0 Å². The molecule has 3 aromatic heterocycles. The van der Waals surface area contributed by atoms with E-state index in [2.05, 4.69) is 20.3 Å². The molecule has 3 heterocycles. The van der Waals surface area contributed by atoms with Crippen molar-refractivity contribution in [3.05, 3.63) is 86.6 Å². The second-order valence-electron chi connectivity index (χ2n) is 7.94. The van der Waals surface area contributed by atoms with E-state index in [1.54, 1.807) is 0 Å². The molecule has 0 aliphatic rings. The fourth-order valence-electron chi connectivity index (χ4n) is 3.74. The number of carboxylic acids is 1. The van der Waals surface area contributed by atoms with Crippen molar-refractivity contribution in [2.75, 3.05) is 5.32 Å². The Morgan fingerprint density at radius 1 is 1.13 bits per heavy atom. The molecule has 5 aromatic rings. The number of imidazole rings is 1. The van der Waals surface area contributed by atoms with E-state index in [0.717, 1.165) is 23.0 Å². The minimum absolute atomic E-state index is 0.0205. The number of ether oxygens (including phenoxy) is 1. The van der Waals surface area contributed by atoms with Gasteiger partial charge in [0.1, 0.15) is 6.61 Å². The molecule has 0 atom stereocenters. The minimum atomic E-state index is -4.83. The lowest BCUT2D eigenvalue weighted by Gasteiger charge is -2.14. The van der Waals surface area contributed by atoms with Gasteiger partial charge in [0, 0.05) is 17.3 Å². The first-order valence-electron chi connectivity index (χ1n) is 10.6. The predicted octanol–water partition coefficient (Wildman–Crippen LogP) is 3.61. The SMILES string of the molecule is O=C(Nc1ccc(C(=O)O)cc1)OCc1cn(-c2cc3c(cc2C(F)(F)F)[nH]c(=O)c2[nH]c(=O)oc23)cn1. The van der Waals surface area contributed by atoms with E-state index in [0.29, 0.717) is 0 Å². The van der Waals surface area contributed by atoms with Gasteiger partial charge >= 0.3 is 24.0 Å². The molecule has 0 unspecified atom stereocenters. The average molecular weight is 529 g/mol. The van der Waals surface area contributed by atoms with E-state index in [4.69, 9.17) is 14.3 Å². The number of alkyl halides is 3. The Morgan fingerprint density at radius 3 is 2.55 bits per heavy atom. The smallest absolute Gasteiger partial charge is 0.418 e. The molecule has 38 heavy (non-hydrogen) atoms. The fraction of sp³-hybridized carbons (Fsp3) is 0.0870. The van der Waals surface area contributed by atoms with Crippen LogP contribution in [-0.2, 0) is 17.5 Å². The molecule has 0 aliphatic heterocycles. The van der Waals surface area contributed by atoms with Crippen molar-refractivity contribution in [1.82, 2.24) is 19.5 Å². The van der Waals surface area contributed by atoms with Gasteiger partial charge in [0.05, 0.1) is 34.4 Å². The number of benzene rings is 2. The highest BCUT2D eigenvalue weighted by Crippen LogP contribution is 2.37. The van der Waals surface area contributed by atoms with Crippen LogP contribution in [0.1, 0.15) is 21.6 Å². The number of carboxylic acid groups (broad SMARTS) is 1. The van der Waals surface area contributed by atoms with Gasteiger partial charge in [-0.1, -0.05) is 0 Å². The first-order valence-corrected chi connectivity index (χ1v) is 10.6. The maximum atomic E-state index is 13.9. The van der Waals surface area contributed by atoms with Crippen LogP contribution in [0.2, 0.25) is 0 Å². The molecule has 0 aliphatic carbocycles. The highest BCUT2D eigenvalue weighted by Gasteiger charge is 2.35. The molecule has 2 aromatic carbocycles. The molecule has 194 valence electrons. The van der Waals surface area contributed by atoms with Gasteiger partial charge in [-0.15, -0.1) is 0 Å². The molecule has 5 rings (SSSR count). The van der Waals surface area contributed by atoms with E-state index in [-0.39, 0.29) is 44.6 Å². The molecule has 0 saturated carbocycles. The summed E-state index contributed by atoms with van der Waals surface area (Å²) in [5, 5.41) is 11.3. The summed E-state index contributed by atoms with van der Waals surface area (Å²) < 4.78 is 52.8. The maximum absolute atomic E-state index is 13.9. The molecule has 15 heteroatoms. The number of amides is 1. The van der Waals surface area contributed by atoms with Crippen molar-refractivity contribution in [2.45, 2.75) is 12.8 Å². The van der Waals surface area contributed by atoms with Crippen LogP contribution < -0.4 is 16.6 Å². The van der Waals surface area contributed by atoms with Crippen molar-refractivity contribution >= 4 is 39.8 Å². The molecule has 0 saturated heterocycles. The second-order valence-corrected chi connectivity index (χ2v) is 7.94. The normalized spacial score (nSPS) is 11.7. The Labute approximate surface area is 207 Å². The summed E-state index contributed by atoms with van der Waals surface area (Å²) in [4.78, 5) is 55.2.